The number of rotatable bonds is 4. The molecule has 4 rings (SSSR count). The fourth-order valence-electron chi connectivity index (χ4n) is 3.38. The highest BCUT2D eigenvalue weighted by atomic mass is 15.3. The second-order valence-electron chi connectivity index (χ2n) is 6.63. The van der Waals surface area contributed by atoms with Crippen molar-refractivity contribution in [3.63, 3.8) is 0 Å². The molecule has 1 unspecified atom stereocenters. The molecule has 1 aliphatic heterocycles. The Bertz CT molecular complexity index is 875. The van der Waals surface area contributed by atoms with Gasteiger partial charge < -0.3 is 15.5 Å². The molecule has 1 saturated heterocycles. The van der Waals surface area contributed by atoms with Crippen LogP contribution in [0.15, 0.2) is 48.5 Å². The first-order valence-corrected chi connectivity index (χ1v) is 8.76. The molecule has 1 aromatic heterocycles. The van der Waals surface area contributed by atoms with Gasteiger partial charge in [-0.15, -0.1) is 10.2 Å². The van der Waals surface area contributed by atoms with E-state index < -0.39 is 0 Å². The predicted octanol–water partition coefficient (Wildman–Crippen LogP) is 3.48. The topological polar surface area (TPSA) is 53.1 Å². The number of hydrogen-bond donors (Lipinski definition) is 2. The maximum absolute atomic E-state index is 4.56. The Balaban J connectivity index is 1.70. The smallest absolute Gasteiger partial charge is 0.161 e. The van der Waals surface area contributed by atoms with Crippen LogP contribution in [0.5, 0.6) is 0 Å². The molecule has 2 N–H and O–H groups in total. The Hall–Kier alpha value is -2.66. The van der Waals surface area contributed by atoms with E-state index in [1.54, 1.807) is 0 Å². The van der Waals surface area contributed by atoms with Crippen LogP contribution in [0, 0.1) is 6.92 Å². The number of anilines is 3. The van der Waals surface area contributed by atoms with Crippen molar-refractivity contribution in [2.45, 2.75) is 19.4 Å². The van der Waals surface area contributed by atoms with Crippen LogP contribution in [0.3, 0.4) is 0 Å². The van der Waals surface area contributed by atoms with Crippen molar-refractivity contribution in [2.24, 2.45) is 0 Å². The second kappa shape index (κ2) is 6.69. The van der Waals surface area contributed by atoms with E-state index in [2.05, 4.69) is 81.2 Å². The molecule has 0 spiro atoms. The molecule has 2 heterocycles. The maximum atomic E-state index is 4.56. The van der Waals surface area contributed by atoms with E-state index in [-0.39, 0.29) is 0 Å². The molecule has 5 heteroatoms. The van der Waals surface area contributed by atoms with E-state index in [0.717, 1.165) is 47.6 Å². The molecule has 0 bridgehead atoms. The molecule has 2 aromatic carbocycles. The van der Waals surface area contributed by atoms with Gasteiger partial charge in [0.05, 0.1) is 0 Å². The highest BCUT2D eigenvalue weighted by molar-refractivity contribution is 5.99. The van der Waals surface area contributed by atoms with Crippen LogP contribution in [-0.4, -0.2) is 36.4 Å². The van der Waals surface area contributed by atoms with Gasteiger partial charge in [0, 0.05) is 35.6 Å². The van der Waals surface area contributed by atoms with E-state index in [4.69, 9.17) is 0 Å². The summed E-state index contributed by atoms with van der Waals surface area (Å²) in [7, 11) is 2.02. The van der Waals surface area contributed by atoms with Gasteiger partial charge in [-0.3, -0.25) is 0 Å². The standard InChI is InChI=1S/C20H23N5/c1-14-7-9-15(10-8-14)22-19-17-5-3-4-6-18(17)20(24-23-19)25-12-11-16(13-25)21-2/h3-10,16,21H,11-13H2,1-2H3,(H,22,23). The molecule has 1 aliphatic rings. The SMILES string of the molecule is CNC1CCN(c2nnc(Nc3ccc(C)cc3)c3ccccc23)C1. The third-order valence-corrected chi connectivity index (χ3v) is 4.88. The summed E-state index contributed by atoms with van der Waals surface area (Å²) in [5, 5.41) is 18.1. The van der Waals surface area contributed by atoms with Gasteiger partial charge in [-0.05, 0) is 32.5 Å². The molecule has 0 aliphatic carbocycles. The summed E-state index contributed by atoms with van der Waals surface area (Å²) in [5.74, 6) is 1.77. The van der Waals surface area contributed by atoms with E-state index in [0.29, 0.717) is 6.04 Å². The van der Waals surface area contributed by atoms with Gasteiger partial charge in [0.2, 0.25) is 0 Å². The van der Waals surface area contributed by atoms with E-state index in [1.165, 1.54) is 5.56 Å². The molecule has 1 atom stereocenters. The highest BCUT2D eigenvalue weighted by Gasteiger charge is 2.24. The quantitative estimate of drug-likeness (QED) is 0.765. The van der Waals surface area contributed by atoms with Gasteiger partial charge in [0.25, 0.3) is 0 Å². The molecule has 5 nitrogen and oxygen atoms in total. The van der Waals surface area contributed by atoms with Crippen LogP contribution in [0.4, 0.5) is 17.3 Å². The summed E-state index contributed by atoms with van der Waals surface area (Å²) < 4.78 is 0. The molecular formula is C20H23N5. The van der Waals surface area contributed by atoms with Crippen molar-refractivity contribution in [1.29, 1.82) is 0 Å². The summed E-state index contributed by atoms with van der Waals surface area (Å²) >= 11 is 0. The normalized spacial score (nSPS) is 17.2. The Kier molecular flexibility index (Phi) is 4.24. The number of fused-ring (bicyclic) bond motifs is 1. The minimum atomic E-state index is 0.519. The molecule has 3 aromatic rings. The summed E-state index contributed by atoms with van der Waals surface area (Å²) in [5.41, 5.74) is 2.26. The van der Waals surface area contributed by atoms with Crippen LogP contribution in [-0.2, 0) is 0 Å². The molecule has 25 heavy (non-hydrogen) atoms. The zero-order valence-electron chi connectivity index (χ0n) is 14.7. The van der Waals surface area contributed by atoms with Gasteiger partial charge >= 0.3 is 0 Å². The third-order valence-electron chi connectivity index (χ3n) is 4.88. The van der Waals surface area contributed by atoms with Crippen LogP contribution in [0.1, 0.15) is 12.0 Å². The summed E-state index contributed by atoms with van der Waals surface area (Å²) in [6.45, 7) is 4.07. The first-order chi connectivity index (χ1) is 12.2. The van der Waals surface area contributed by atoms with E-state index in [9.17, 15) is 0 Å². The van der Waals surface area contributed by atoms with Gasteiger partial charge in [-0.25, -0.2) is 0 Å². The minimum absolute atomic E-state index is 0.519. The molecule has 0 radical (unpaired) electrons. The Morgan fingerprint density at radius 1 is 1.00 bits per heavy atom. The van der Waals surface area contributed by atoms with Gasteiger partial charge in [-0.1, -0.05) is 42.0 Å². The first-order valence-electron chi connectivity index (χ1n) is 8.76. The van der Waals surface area contributed by atoms with Crippen molar-refractivity contribution in [2.75, 3.05) is 30.4 Å². The summed E-state index contributed by atoms with van der Waals surface area (Å²) in [6, 6.07) is 17.2. The van der Waals surface area contributed by atoms with Crippen LogP contribution >= 0.6 is 0 Å². The van der Waals surface area contributed by atoms with E-state index >= 15 is 0 Å². The summed E-state index contributed by atoms with van der Waals surface area (Å²) in [4.78, 5) is 2.33. The predicted molar refractivity (Wildman–Crippen MR) is 104 cm³/mol. The van der Waals surface area contributed by atoms with E-state index in [1.807, 2.05) is 7.05 Å². The van der Waals surface area contributed by atoms with Crippen molar-refractivity contribution in [1.82, 2.24) is 15.5 Å². The first kappa shape index (κ1) is 15.8. The summed E-state index contributed by atoms with van der Waals surface area (Å²) in [6.07, 6.45) is 1.13. The highest BCUT2D eigenvalue weighted by Crippen LogP contribution is 2.31. The zero-order chi connectivity index (χ0) is 17.2. The lowest BCUT2D eigenvalue weighted by atomic mass is 10.1. The minimum Gasteiger partial charge on any atom is -0.353 e. The lowest BCUT2D eigenvalue weighted by Crippen LogP contribution is -2.30. The third kappa shape index (κ3) is 3.15. The number of hydrogen-bond acceptors (Lipinski definition) is 5. The fraction of sp³-hybridized carbons (Fsp3) is 0.300. The second-order valence-corrected chi connectivity index (χ2v) is 6.63. The molecule has 128 valence electrons. The number of aromatic nitrogens is 2. The van der Waals surface area contributed by atoms with Crippen LogP contribution in [0.25, 0.3) is 10.8 Å². The van der Waals surface area contributed by atoms with Crippen molar-refractivity contribution < 1.29 is 0 Å². The number of aryl methyl sites for hydroxylation is 1. The maximum Gasteiger partial charge on any atom is 0.161 e. The zero-order valence-corrected chi connectivity index (χ0v) is 14.7. The van der Waals surface area contributed by atoms with Gasteiger partial charge in [-0.2, -0.15) is 0 Å². The number of likely N-dealkylation sites (N-methyl/N-ethyl adjacent to an activating group) is 1. The number of benzene rings is 2. The van der Waals surface area contributed by atoms with Crippen molar-refractivity contribution in [3.05, 3.63) is 54.1 Å². The molecule has 0 amide bonds. The molecule has 0 saturated carbocycles. The average Bonchev–Trinajstić information content (AvgIpc) is 3.13. The molecule has 1 fully saturated rings. The Morgan fingerprint density at radius 2 is 1.76 bits per heavy atom. The lowest BCUT2D eigenvalue weighted by molar-refractivity contribution is 0.616. The number of nitrogens with zero attached hydrogens (tertiary/aromatic N) is 3. The largest absolute Gasteiger partial charge is 0.353 e. The fourth-order valence-corrected chi connectivity index (χ4v) is 3.38. The van der Waals surface area contributed by atoms with Crippen LogP contribution in [0.2, 0.25) is 0 Å². The Morgan fingerprint density at radius 3 is 2.48 bits per heavy atom. The average molecular weight is 333 g/mol. The molecular weight excluding hydrogens is 310 g/mol. The Labute approximate surface area is 148 Å². The monoisotopic (exact) mass is 333 g/mol. The van der Waals surface area contributed by atoms with Crippen molar-refractivity contribution in [3.8, 4) is 0 Å². The van der Waals surface area contributed by atoms with Gasteiger partial charge in [0.1, 0.15) is 0 Å². The number of nitrogens with one attached hydrogen (secondary N) is 2. The van der Waals surface area contributed by atoms with Crippen LogP contribution < -0.4 is 15.5 Å². The van der Waals surface area contributed by atoms with Crippen molar-refractivity contribution >= 4 is 28.1 Å². The van der Waals surface area contributed by atoms with Gasteiger partial charge in [0.15, 0.2) is 11.6 Å². The lowest BCUT2D eigenvalue weighted by Gasteiger charge is -2.20.